The number of carbonyl (C=O) groups excluding carboxylic acids is 1. The van der Waals surface area contributed by atoms with Crippen molar-refractivity contribution in [1.29, 1.82) is 0 Å². The van der Waals surface area contributed by atoms with E-state index < -0.39 is 6.10 Å². The van der Waals surface area contributed by atoms with Gasteiger partial charge in [-0.05, 0) is 25.1 Å². The number of para-hydroxylation sites is 2. The van der Waals surface area contributed by atoms with Gasteiger partial charge in [0, 0.05) is 12.0 Å². The molecule has 1 unspecified atom stereocenters. The number of methoxy groups -OCH3 is 1. The van der Waals surface area contributed by atoms with Gasteiger partial charge in [0.1, 0.15) is 16.5 Å². The lowest BCUT2D eigenvalue weighted by atomic mass is 10.1. The molecule has 2 aromatic carbocycles. The quantitative estimate of drug-likeness (QED) is 0.689. The highest BCUT2D eigenvalue weighted by Gasteiger charge is 2.17. The molecule has 3 aromatic rings. The molecule has 0 aliphatic heterocycles. The van der Waals surface area contributed by atoms with Crippen molar-refractivity contribution in [3.8, 4) is 11.5 Å². The molecule has 26 heavy (non-hydrogen) atoms. The van der Waals surface area contributed by atoms with Crippen LogP contribution in [0.15, 0.2) is 54.6 Å². The predicted octanol–water partition coefficient (Wildman–Crippen LogP) is 3.54. The first-order chi connectivity index (χ1) is 12.7. The van der Waals surface area contributed by atoms with Crippen molar-refractivity contribution in [2.75, 3.05) is 12.4 Å². The Morgan fingerprint density at radius 2 is 1.85 bits per heavy atom. The van der Waals surface area contributed by atoms with Gasteiger partial charge in [-0.25, -0.2) is 0 Å². The number of aromatic nitrogens is 2. The van der Waals surface area contributed by atoms with Crippen molar-refractivity contribution in [3.63, 3.8) is 0 Å². The van der Waals surface area contributed by atoms with Gasteiger partial charge >= 0.3 is 0 Å². The summed E-state index contributed by atoms with van der Waals surface area (Å²) in [5.41, 5.74) is 1.02. The molecule has 0 aliphatic carbocycles. The molecule has 0 saturated heterocycles. The third kappa shape index (κ3) is 4.58. The van der Waals surface area contributed by atoms with E-state index in [2.05, 4.69) is 15.5 Å². The number of hydrogen-bond acceptors (Lipinski definition) is 6. The third-order valence-corrected chi connectivity index (χ3v) is 4.50. The minimum atomic E-state index is -0.640. The largest absolute Gasteiger partial charge is 0.496 e. The van der Waals surface area contributed by atoms with E-state index in [0.29, 0.717) is 17.3 Å². The first kappa shape index (κ1) is 17.9. The topological polar surface area (TPSA) is 73.3 Å². The molecular weight excluding hydrogens is 350 g/mol. The number of amides is 1. The lowest BCUT2D eigenvalue weighted by Crippen LogP contribution is -2.30. The molecule has 0 aliphatic rings. The second-order valence-corrected chi connectivity index (χ2v) is 6.61. The SMILES string of the molecule is COc1ccccc1Cc1nnc(NC(=O)C(C)Oc2ccccc2)s1. The lowest BCUT2D eigenvalue weighted by molar-refractivity contribution is -0.122. The molecule has 1 amide bonds. The summed E-state index contributed by atoms with van der Waals surface area (Å²) in [6.45, 7) is 1.69. The maximum absolute atomic E-state index is 12.3. The summed E-state index contributed by atoms with van der Waals surface area (Å²) in [6, 6.07) is 17.0. The van der Waals surface area contributed by atoms with E-state index in [-0.39, 0.29) is 5.91 Å². The third-order valence-electron chi connectivity index (χ3n) is 3.66. The van der Waals surface area contributed by atoms with Gasteiger partial charge in [-0.2, -0.15) is 0 Å². The van der Waals surface area contributed by atoms with Crippen molar-refractivity contribution in [2.24, 2.45) is 0 Å². The Kier molecular flexibility index (Phi) is 5.80. The zero-order valence-electron chi connectivity index (χ0n) is 14.5. The second-order valence-electron chi connectivity index (χ2n) is 5.55. The molecule has 0 fully saturated rings. The Balaban J connectivity index is 1.60. The summed E-state index contributed by atoms with van der Waals surface area (Å²) in [5.74, 6) is 1.18. The Labute approximate surface area is 155 Å². The smallest absolute Gasteiger partial charge is 0.266 e. The van der Waals surface area contributed by atoms with Gasteiger partial charge in [-0.3, -0.25) is 10.1 Å². The number of carbonyl (C=O) groups is 1. The molecule has 0 radical (unpaired) electrons. The lowest BCUT2D eigenvalue weighted by Gasteiger charge is -2.13. The number of nitrogens with one attached hydrogen (secondary N) is 1. The summed E-state index contributed by atoms with van der Waals surface area (Å²) in [5, 5.41) is 12.2. The standard InChI is InChI=1S/C19H19N3O3S/c1-13(25-15-9-4-3-5-10-15)18(23)20-19-22-21-17(26-19)12-14-8-6-7-11-16(14)24-2/h3-11,13H,12H2,1-2H3,(H,20,22,23). The van der Waals surface area contributed by atoms with E-state index in [4.69, 9.17) is 9.47 Å². The fourth-order valence-corrected chi connectivity index (χ4v) is 3.12. The predicted molar refractivity (Wildman–Crippen MR) is 101 cm³/mol. The Hall–Kier alpha value is -2.93. The fourth-order valence-electron chi connectivity index (χ4n) is 2.35. The van der Waals surface area contributed by atoms with E-state index >= 15 is 0 Å². The molecule has 1 heterocycles. The van der Waals surface area contributed by atoms with Crippen molar-refractivity contribution in [3.05, 3.63) is 65.2 Å². The second kappa shape index (κ2) is 8.44. The van der Waals surface area contributed by atoms with Crippen LogP contribution < -0.4 is 14.8 Å². The van der Waals surface area contributed by atoms with Gasteiger partial charge in [-0.15, -0.1) is 10.2 Å². The van der Waals surface area contributed by atoms with Crippen molar-refractivity contribution in [2.45, 2.75) is 19.4 Å². The summed E-state index contributed by atoms with van der Waals surface area (Å²) in [7, 11) is 1.64. The minimum absolute atomic E-state index is 0.270. The maximum atomic E-state index is 12.3. The normalized spacial score (nSPS) is 11.6. The molecule has 1 atom stereocenters. The first-order valence-corrected chi connectivity index (χ1v) is 8.94. The molecular formula is C19H19N3O3S. The zero-order valence-corrected chi connectivity index (χ0v) is 15.3. The molecule has 1 aromatic heterocycles. The molecule has 0 saturated carbocycles. The average Bonchev–Trinajstić information content (AvgIpc) is 3.09. The summed E-state index contributed by atoms with van der Waals surface area (Å²) < 4.78 is 11.0. The summed E-state index contributed by atoms with van der Waals surface area (Å²) in [4.78, 5) is 12.3. The van der Waals surface area contributed by atoms with Crippen molar-refractivity contribution < 1.29 is 14.3 Å². The van der Waals surface area contributed by atoms with Gasteiger partial charge in [0.15, 0.2) is 6.10 Å². The van der Waals surface area contributed by atoms with Crippen LogP contribution in [0.1, 0.15) is 17.5 Å². The van der Waals surface area contributed by atoms with E-state index in [1.165, 1.54) is 11.3 Å². The number of ether oxygens (including phenoxy) is 2. The molecule has 0 bridgehead atoms. The molecule has 6 nitrogen and oxygen atoms in total. The first-order valence-electron chi connectivity index (χ1n) is 8.12. The highest BCUT2D eigenvalue weighted by molar-refractivity contribution is 7.15. The minimum Gasteiger partial charge on any atom is -0.496 e. The van der Waals surface area contributed by atoms with Crippen LogP contribution in [0.2, 0.25) is 0 Å². The molecule has 7 heteroatoms. The van der Waals surface area contributed by atoms with Crippen LogP contribution in [0.25, 0.3) is 0 Å². The fraction of sp³-hybridized carbons (Fsp3) is 0.211. The highest BCUT2D eigenvalue weighted by Crippen LogP contribution is 2.24. The van der Waals surface area contributed by atoms with Crippen molar-refractivity contribution >= 4 is 22.4 Å². The Morgan fingerprint density at radius 3 is 2.62 bits per heavy atom. The monoisotopic (exact) mass is 369 g/mol. The van der Waals surface area contributed by atoms with Gasteiger partial charge in [0.05, 0.1) is 7.11 Å². The van der Waals surface area contributed by atoms with E-state index in [9.17, 15) is 4.79 Å². The Bertz CT molecular complexity index is 867. The van der Waals surface area contributed by atoms with Crippen LogP contribution in [0.3, 0.4) is 0 Å². The number of anilines is 1. The van der Waals surface area contributed by atoms with Crippen LogP contribution in [0.4, 0.5) is 5.13 Å². The number of nitrogens with zero attached hydrogens (tertiary/aromatic N) is 2. The maximum Gasteiger partial charge on any atom is 0.266 e. The van der Waals surface area contributed by atoms with Crippen LogP contribution in [-0.4, -0.2) is 29.3 Å². The van der Waals surface area contributed by atoms with Crippen LogP contribution in [-0.2, 0) is 11.2 Å². The van der Waals surface area contributed by atoms with Crippen LogP contribution >= 0.6 is 11.3 Å². The van der Waals surface area contributed by atoms with E-state index in [1.54, 1.807) is 26.2 Å². The summed E-state index contributed by atoms with van der Waals surface area (Å²) >= 11 is 1.33. The van der Waals surface area contributed by atoms with Crippen LogP contribution in [0, 0.1) is 0 Å². The molecule has 1 N–H and O–H groups in total. The van der Waals surface area contributed by atoms with Gasteiger partial charge in [-0.1, -0.05) is 47.7 Å². The van der Waals surface area contributed by atoms with Gasteiger partial charge in [0.25, 0.3) is 5.91 Å². The van der Waals surface area contributed by atoms with Gasteiger partial charge in [0.2, 0.25) is 5.13 Å². The van der Waals surface area contributed by atoms with Gasteiger partial charge < -0.3 is 9.47 Å². The zero-order chi connectivity index (χ0) is 18.4. The summed E-state index contributed by atoms with van der Waals surface area (Å²) in [6.07, 6.45) is -0.0490. The van der Waals surface area contributed by atoms with Crippen molar-refractivity contribution in [1.82, 2.24) is 10.2 Å². The molecule has 134 valence electrons. The van der Waals surface area contributed by atoms with E-state index in [1.807, 2.05) is 42.5 Å². The average molecular weight is 369 g/mol. The molecule has 0 spiro atoms. The van der Waals surface area contributed by atoms with E-state index in [0.717, 1.165) is 16.3 Å². The Morgan fingerprint density at radius 1 is 1.12 bits per heavy atom. The number of rotatable bonds is 7. The number of benzene rings is 2. The molecule has 3 rings (SSSR count). The number of hydrogen-bond donors (Lipinski definition) is 1. The highest BCUT2D eigenvalue weighted by atomic mass is 32.1. The van der Waals surface area contributed by atoms with Crippen LogP contribution in [0.5, 0.6) is 11.5 Å².